The van der Waals surface area contributed by atoms with Gasteiger partial charge in [-0.1, -0.05) is 24.9 Å². The van der Waals surface area contributed by atoms with Gasteiger partial charge in [-0.3, -0.25) is 10.1 Å². The monoisotopic (exact) mass is 321 g/mol. The second-order valence-electron chi connectivity index (χ2n) is 4.60. The minimum absolute atomic E-state index is 0.141. The summed E-state index contributed by atoms with van der Waals surface area (Å²) in [6.45, 7) is 2.67. The molecule has 22 heavy (non-hydrogen) atoms. The van der Waals surface area contributed by atoms with E-state index in [1.54, 1.807) is 24.3 Å². The second kappa shape index (κ2) is 7.56. The van der Waals surface area contributed by atoms with E-state index in [0.717, 1.165) is 18.5 Å². The molecule has 0 saturated carbocycles. The fraction of sp³-hybridized carbons (Fsp3) is 0.286. The number of rotatable bonds is 7. The van der Waals surface area contributed by atoms with Crippen LogP contribution in [0, 0.1) is 10.1 Å². The Bertz CT molecular complexity index is 648. The predicted octanol–water partition coefficient (Wildman–Crippen LogP) is 3.99. The standard InChI is InChI=1S/C14H16ClN5O2/c1-2-3-8-16-13-12(20(21)22)9-17-14(19-13)18-11-6-4-10(15)5-7-11/h4-7,9H,2-3,8H2,1H3,(H2,16,17,18,19). The third-order valence-corrected chi connectivity index (χ3v) is 3.14. The first-order valence-corrected chi connectivity index (χ1v) is 7.26. The van der Waals surface area contributed by atoms with Crippen LogP contribution in [0.1, 0.15) is 19.8 Å². The van der Waals surface area contributed by atoms with Gasteiger partial charge in [-0.05, 0) is 30.7 Å². The van der Waals surface area contributed by atoms with Gasteiger partial charge in [-0.15, -0.1) is 0 Å². The molecule has 1 aromatic carbocycles. The van der Waals surface area contributed by atoms with Crippen molar-refractivity contribution in [2.24, 2.45) is 0 Å². The third kappa shape index (κ3) is 4.29. The Hall–Kier alpha value is -2.41. The Kier molecular flexibility index (Phi) is 5.48. The summed E-state index contributed by atoms with van der Waals surface area (Å²) in [6.07, 6.45) is 3.09. The second-order valence-corrected chi connectivity index (χ2v) is 5.03. The number of benzene rings is 1. The Morgan fingerprint density at radius 3 is 2.68 bits per heavy atom. The van der Waals surface area contributed by atoms with Crippen LogP contribution in [0.3, 0.4) is 0 Å². The highest BCUT2D eigenvalue weighted by atomic mass is 35.5. The highest BCUT2D eigenvalue weighted by molar-refractivity contribution is 6.30. The molecule has 2 N–H and O–H groups in total. The molecule has 0 unspecified atom stereocenters. The third-order valence-electron chi connectivity index (χ3n) is 2.89. The zero-order valence-electron chi connectivity index (χ0n) is 12.0. The quantitative estimate of drug-likeness (QED) is 0.455. The number of nitrogens with one attached hydrogen (secondary N) is 2. The lowest BCUT2D eigenvalue weighted by molar-refractivity contribution is -0.384. The van der Waals surface area contributed by atoms with Crippen LogP contribution in [-0.2, 0) is 0 Å². The summed E-state index contributed by atoms with van der Waals surface area (Å²) < 4.78 is 0. The Morgan fingerprint density at radius 2 is 2.05 bits per heavy atom. The van der Waals surface area contributed by atoms with E-state index in [4.69, 9.17) is 11.6 Å². The molecule has 0 amide bonds. The first-order chi connectivity index (χ1) is 10.6. The molecule has 0 saturated heterocycles. The van der Waals surface area contributed by atoms with Gasteiger partial charge in [-0.2, -0.15) is 4.98 Å². The fourth-order valence-electron chi connectivity index (χ4n) is 1.75. The molecule has 116 valence electrons. The van der Waals surface area contributed by atoms with E-state index < -0.39 is 4.92 Å². The molecule has 0 atom stereocenters. The van der Waals surface area contributed by atoms with Gasteiger partial charge in [0.25, 0.3) is 0 Å². The maximum Gasteiger partial charge on any atom is 0.329 e. The Balaban J connectivity index is 2.19. The Labute approximate surface area is 132 Å². The van der Waals surface area contributed by atoms with Crippen molar-refractivity contribution in [3.63, 3.8) is 0 Å². The maximum absolute atomic E-state index is 11.0. The van der Waals surface area contributed by atoms with Crippen molar-refractivity contribution in [1.82, 2.24) is 9.97 Å². The molecule has 0 aliphatic heterocycles. The van der Waals surface area contributed by atoms with Crippen LogP contribution in [0.15, 0.2) is 30.5 Å². The molecular weight excluding hydrogens is 306 g/mol. The zero-order valence-corrected chi connectivity index (χ0v) is 12.8. The topological polar surface area (TPSA) is 93.0 Å². The van der Waals surface area contributed by atoms with Gasteiger partial charge in [0.15, 0.2) is 0 Å². The molecule has 0 aliphatic carbocycles. The van der Waals surface area contributed by atoms with E-state index in [9.17, 15) is 10.1 Å². The number of nitro groups is 1. The number of hydrogen-bond donors (Lipinski definition) is 2. The number of anilines is 3. The first kappa shape index (κ1) is 16.0. The van der Waals surface area contributed by atoms with Crippen molar-refractivity contribution in [3.05, 3.63) is 45.6 Å². The minimum atomic E-state index is -0.500. The average Bonchev–Trinajstić information content (AvgIpc) is 2.50. The number of hydrogen-bond acceptors (Lipinski definition) is 6. The normalized spacial score (nSPS) is 10.3. The van der Waals surface area contributed by atoms with Crippen LogP contribution in [0.25, 0.3) is 0 Å². The van der Waals surface area contributed by atoms with Crippen molar-refractivity contribution < 1.29 is 4.92 Å². The summed E-state index contributed by atoms with van der Waals surface area (Å²) in [4.78, 5) is 18.7. The van der Waals surface area contributed by atoms with E-state index >= 15 is 0 Å². The average molecular weight is 322 g/mol. The molecule has 0 radical (unpaired) electrons. The van der Waals surface area contributed by atoms with Crippen molar-refractivity contribution in [3.8, 4) is 0 Å². The van der Waals surface area contributed by atoms with Gasteiger partial charge in [0.05, 0.1) is 4.92 Å². The van der Waals surface area contributed by atoms with Gasteiger partial charge in [-0.25, -0.2) is 4.98 Å². The molecule has 8 heteroatoms. The van der Waals surface area contributed by atoms with Gasteiger partial charge < -0.3 is 10.6 Å². The maximum atomic E-state index is 11.0. The number of halogens is 1. The van der Waals surface area contributed by atoms with Crippen molar-refractivity contribution in [2.75, 3.05) is 17.2 Å². The smallest absolute Gasteiger partial charge is 0.329 e. The van der Waals surface area contributed by atoms with Crippen LogP contribution in [0.4, 0.5) is 23.1 Å². The molecule has 1 aromatic heterocycles. The molecule has 2 rings (SSSR count). The van der Waals surface area contributed by atoms with Crippen LogP contribution < -0.4 is 10.6 Å². The van der Waals surface area contributed by atoms with Gasteiger partial charge in [0.2, 0.25) is 11.8 Å². The predicted molar refractivity (Wildman–Crippen MR) is 86.8 cm³/mol. The lowest BCUT2D eigenvalue weighted by atomic mass is 10.3. The molecule has 7 nitrogen and oxygen atoms in total. The molecule has 0 spiro atoms. The molecular formula is C14H16ClN5O2. The summed E-state index contributed by atoms with van der Waals surface area (Å²) in [5.74, 6) is 0.497. The largest absolute Gasteiger partial charge is 0.364 e. The number of nitrogens with zero attached hydrogens (tertiary/aromatic N) is 3. The zero-order chi connectivity index (χ0) is 15.9. The van der Waals surface area contributed by atoms with E-state index in [0.29, 0.717) is 11.6 Å². The summed E-state index contributed by atoms with van der Waals surface area (Å²) in [5.41, 5.74) is 0.607. The number of unbranched alkanes of at least 4 members (excludes halogenated alkanes) is 1. The molecule has 0 aliphatic rings. The summed E-state index contributed by atoms with van der Waals surface area (Å²) in [5, 5.41) is 17.6. The molecule has 1 heterocycles. The van der Waals surface area contributed by atoms with E-state index in [-0.39, 0.29) is 17.5 Å². The first-order valence-electron chi connectivity index (χ1n) is 6.88. The van der Waals surface area contributed by atoms with E-state index in [1.807, 2.05) is 6.92 Å². The minimum Gasteiger partial charge on any atom is -0.364 e. The van der Waals surface area contributed by atoms with E-state index in [1.165, 1.54) is 6.20 Å². The summed E-state index contributed by atoms with van der Waals surface area (Å²) in [6, 6.07) is 7.01. The molecule has 2 aromatic rings. The SMILES string of the molecule is CCCCNc1nc(Nc2ccc(Cl)cc2)ncc1[N+](=O)[O-]. The summed E-state index contributed by atoms with van der Waals surface area (Å²) >= 11 is 5.82. The van der Waals surface area contributed by atoms with E-state index in [2.05, 4.69) is 20.6 Å². The highest BCUT2D eigenvalue weighted by Gasteiger charge is 2.16. The number of aromatic nitrogens is 2. The highest BCUT2D eigenvalue weighted by Crippen LogP contribution is 2.24. The molecule has 0 fully saturated rings. The van der Waals surface area contributed by atoms with Crippen molar-refractivity contribution >= 4 is 34.7 Å². The molecule has 0 bridgehead atoms. The lowest BCUT2D eigenvalue weighted by Crippen LogP contribution is -2.08. The van der Waals surface area contributed by atoms with Crippen LogP contribution in [0.2, 0.25) is 5.02 Å². The Morgan fingerprint density at radius 1 is 1.32 bits per heavy atom. The fourth-order valence-corrected chi connectivity index (χ4v) is 1.87. The lowest BCUT2D eigenvalue weighted by Gasteiger charge is -2.08. The van der Waals surface area contributed by atoms with Crippen molar-refractivity contribution in [1.29, 1.82) is 0 Å². The van der Waals surface area contributed by atoms with Crippen LogP contribution in [0.5, 0.6) is 0 Å². The van der Waals surface area contributed by atoms with Gasteiger partial charge in [0.1, 0.15) is 6.20 Å². The van der Waals surface area contributed by atoms with Crippen LogP contribution in [-0.4, -0.2) is 21.4 Å². The summed E-state index contributed by atoms with van der Waals surface area (Å²) in [7, 11) is 0. The van der Waals surface area contributed by atoms with Crippen LogP contribution >= 0.6 is 11.6 Å². The van der Waals surface area contributed by atoms with Gasteiger partial charge in [0, 0.05) is 17.3 Å². The van der Waals surface area contributed by atoms with Gasteiger partial charge >= 0.3 is 5.69 Å². The van der Waals surface area contributed by atoms with Crippen molar-refractivity contribution in [2.45, 2.75) is 19.8 Å².